The van der Waals surface area contributed by atoms with Crippen molar-refractivity contribution < 1.29 is 13.3 Å². The lowest BCUT2D eigenvalue weighted by molar-refractivity contribution is 0.0715. The molecule has 3 nitrogen and oxygen atoms in total. The molecule has 0 aliphatic rings. The van der Waals surface area contributed by atoms with Crippen LogP contribution in [0.5, 0.6) is 0 Å². The molecule has 0 saturated heterocycles. The minimum atomic E-state index is -2.42. The van der Waals surface area contributed by atoms with Crippen molar-refractivity contribution in [3.8, 4) is 0 Å². The van der Waals surface area contributed by atoms with Gasteiger partial charge >= 0.3 is 8.80 Å². The van der Waals surface area contributed by atoms with Crippen LogP contribution in [0.25, 0.3) is 0 Å². The van der Waals surface area contributed by atoms with Crippen molar-refractivity contribution in [1.82, 2.24) is 0 Å². The van der Waals surface area contributed by atoms with Crippen molar-refractivity contribution in [3.63, 3.8) is 0 Å². The van der Waals surface area contributed by atoms with Crippen LogP contribution in [0.3, 0.4) is 0 Å². The second-order valence-corrected chi connectivity index (χ2v) is 5.25. The summed E-state index contributed by atoms with van der Waals surface area (Å²) in [5, 5.41) is 0. The Bertz CT molecular complexity index is 89.9. The predicted octanol–water partition coefficient (Wildman–Crippen LogP) is 2.14. The van der Waals surface area contributed by atoms with Gasteiger partial charge < -0.3 is 13.3 Å². The van der Waals surface area contributed by atoms with Gasteiger partial charge in [-0.05, 0) is 34.1 Å². The van der Waals surface area contributed by atoms with E-state index < -0.39 is 8.80 Å². The lowest BCUT2D eigenvalue weighted by Gasteiger charge is -2.27. The number of hydrogen-bond acceptors (Lipinski definition) is 3. The summed E-state index contributed by atoms with van der Waals surface area (Å²) in [6.45, 7) is 13.2. The Kier molecular flexibility index (Phi) is 7.55. The summed E-state index contributed by atoms with van der Waals surface area (Å²) in [7, 11) is -2.42. The van der Waals surface area contributed by atoms with Crippen molar-refractivity contribution in [2.45, 2.75) is 33.2 Å². The van der Waals surface area contributed by atoms with Crippen LogP contribution in [0.2, 0.25) is 6.04 Å². The van der Waals surface area contributed by atoms with E-state index in [0.29, 0.717) is 32.3 Å². The van der Waals surface area contributed by atoms with Crippen LogP contribution in [0.15, 0.2) is 0 Å². The molecule has 0 N–H and O–H groups in total. The highest BCUT2D eigenvalue weighted by molar-refractivity contribution is 6.60. The molecular formula is C9H20O3Si. The smallest absolute Gasteiger partial charge is 0.374 e. The molecule has 0 aliphatic heterocycles. The normalized spacial score (nSPS) is 12.0. The Morgan fingerprint density at radius 2 is 1.31 bits per heavy atom. The Morgan fingerprint density at radius 3 is 1.54 bits per heavy atom. The van der Waals surface area contributed by atoms with E-state index in [0.717, 1.165) is 0 Å². The largest absolute Gasteiger partial charge is 0.500 e. The molecular weight excluding hydrogens is 184 g/mol. The maximum absolute atomic E-state index is 5.57. The minimum absolute atomic E-state index is 0.548. The minimum Gasteiger partial charge on any atom is -0.374 e. The second kappa shape index (κ2) is 7.50. The van der Waals surface area contributed by atoms with Gasteiger partial charge in [0.05, 0.1) is 0 Å². The predicted molar refractivity (Wildman–Crippen MR) is 54.4 cm³/mol. The summed E-state index contributed by atoms with van der Waals surface area (Å²) in [5.41, 5.74) is 0. The van der Waals surface area contributed by atoms with Crippen LogP contribution in [-0.2, 0) is 13.3 Å². The van der Waals surface area contributed by atoms with E-state index in [4.69, 9.17) is 20.2 Å². The Morgan fingerprint density at radius 1 is 0.923 bits per heavy atom. The summed E-state index contributed by atoms with van der Waals surface area (Å²) in [4.78, 5) is 0. The third kappa shape index (κ3) is 4.76. The van der Waals surface area contributed by atoms with Gasteiger partial charge in [-0.1, -0.05) is 0 Å². The number of hydrogen-bond donors (Lipinski definition) is 0. The van der Waals surface area contributed by atoms with Crippen molar-refractivity contribution in [2.75, 3.05) is 19.8 Å². The molecule has 0 bridgehead atoms. The van der Waals surface area contributed by atoms with E-state index in [-0.39, 0.29) is 0 Å². The highest BCUT2D eigenvalue weighted by Crippen LogP contribution is 2.17. The molecule has 0 aromatic rings. The fourth-order valence-electron chi connectivity index (χ4n) is 1.18. The zero-order chi connectivity index (χ0) is 10.2. The summed E-state index contributed by atoms with van der Waals surface area (Å²) < 4.78 is 16.7. The summed E-state index contributed by atoms with van der Waals surface area (Å²) in [6.07, 6.45) is 0.548. The summed E-state index contributed by atoms with van der Waals surface area (Å²) in [5.74, 6) is 0. The first-order chi connectivity index (χ1) is 6.24. The first-order valence-corrected chi connectivity index (χ1v) is 6.79. The zero-order valence-corrected chi connectivity index (χ0v) is 9.84. The third-order valence-electron chi connectivity index (χ3n) is 1.54. The van der Waals surface area contributed by atoms with Gasteiger partial charge in [0.1, 0.15) is 0 Å². The molecule has 2 radical (unpaired) electrons. The van der Waals surface area contributed by atoms with Crippen molar-refractivity contribution in [2.24, 2.45) is 0 Å². The topological polar surface area (TPSA) is 27.7 Å². The van der Waals surface area contributed by atoms with E-state index in [1.54, 1.807) is 0 Å². The van der Waals surface area contributed by atoms with Gasteiger partial charge in [0.25, 0.3) is 0 Å². The quantitative estimate of drug-likeness (QED) is 0.567. The molecule has 0 aromatic carbocycles. The first kappa shape index (κ1) is 13.1. The van der Waals surface area contributed by atoms with Crippen LogP contribution in [0, 0.1) is 6.92 Å². The molecule has 0 fully saturated rings. The molecule has 0 atom stereocenters. The van der Waals surface area contributed by atoms with Gasteiger partial charge in [-0.2, -0.15) is 0 Å². The average Bonchev–Trinajstić information content (AvgIpc) is 2.06. The summed E-state index contributed by atoms with van der Waals surface area (Å²) >= 11 is 0. The van der Waals surface area contributed by atoms with Crippen LogP contribution < -0.4 is 0 Å². The van der Waals surface area contributed by atoms with Gasteiger partial charge in [0, 0.05) is 25.9 Å². The van der Waals surface area contributed by atoms with E-state index in [1.807, 2.05) is 20.8 Å². The fraction of sp³-hybridized carbons (Fsp3) is 0.889. The third-order valence-corrected chi connectivity index (χ3v) is 4.63. The molecule has 0 heterocycles. The lowest BCUT2D eigenvalue weighted by atomic mass is 10.6. The molecule has 0 amide bonds. The molecule has 0 aliphatic carbocycles. The molecule has 13 heavy (non-hydrogen) atoms. The second-order valence-electron chi connectivity index (χ2n) is 2.52. The molecule has 0 rings (SSSR count). The Labute approximate surface area is 82.8 Å². The van der Waals surface area contributed by atoms with E-state index in [9.17, 15) is 0 Å². The van der Waals surface area contributed by atoms with Crippen molar-refractivity contribution in [1.29, 1.82) is 0 Å². The lowest BCUT2D eigenvalue weighted by Crippen LogP contribution is -2.45. The van der Waals surface area contributed by atoms with Gasteiger partial charge in [0.15, 0.2) is 0 Å². The van der Waals surface area contributed by atoms with Gasteiger partial charge in [-0.25, -0.2) is 0 Å². The molecule has 4 heteroatoms. The maximum Gasteiger partial charge on any atom is 0.500 e. The van der Waals surface area contributed by atoms with Crippen molar-refractivity contribution >= 4 is 8.80 Å². The average molecular weight is 204 g/mol. The molecule has 0 unspecified atom stereocenters. The van der Waals surface area contributed by atoms with Crippen LogP contribution in [0.4, 0.5) is 0 Å². The first-order valence-electron chi connectivity index (χ1n) is 4.86. The van der Waals surface area contributed by atoms with Crippen LogP contribution in [-0.4, -0.2) is 28.6 Å². The monoisotopic (exact) mass is 204 g/mol. The SMILES string of the molecule is [CH]CC[Si](OCC)(OCC)OCC. The Balaban J connectivity index is 4.19. The maximum atomic E-state index is 5.57. The highest BCUT2D eigenvalue weighted by atomic mass is 28.4. The van der Waals surface area contributed by atoms with Crippen LogP contribution >= 0.6 is 0 Å². The van der Waals surface area contributed by atoms with Crippen LogP contribution in [0.1, 0.15) is 27.2 Å². The number of rotatable bonds is 8. The summed E-state index contributed by atoms with van der Waals surface area (Å²) in [6, 6.07) is 0.697. The fourth-order valence-corrected chi connectivity index (χ4v) is 3.53. The zero-order valence-electron chi connectivity index (χ0n) is 8.84. The molecule has 0 spiro atoms. The highest BCUT2D eigenvalue weighted by Gasteiger charge is 2.38. The van der Waals surface area contributed by atoms with E-state index in [1.165, 1.54) is 0 Å². The van der Waals surface area contributed by atoms with Gasteiger partial charge in [0.2, 0.25) is 0 Å². The Hall–Kier alpha value is 0.0969. The van der Waals surface area contributed by atoms with E-state index >= 15 is 0 Å². The van der Waals surface area contributed by atoms with E-state index in [2.05, 4.69) is 0 Å². The molecule has 0 aromatic heterocycles. The molecule has 0 saturated carbocycles. The van der Waals surface area contributed by atoms with Crippen molar-refractivity contribution in [3.05, 3.63) is 6.92 Å². The van der Waals surface area contributed by atoms with Gasteiger partial charge in [-0.3, -0.25) is 0 Å². The molecule has 78 valence electrons. The standard InChI is InChI=1S/C9H20O3Si/c1-5-9-13(10-6-2,11-7-3)12-8-4/h1H,5-9H2,2-4H3. The van der Waals surface area contributed by atoms with Gasteiger partial charge in [-0.15, -0.1) is 0 Å².